The maximum atomic E-state index is 13.5. The molecule has 0 aliphatic rings. The zero-order valence-corrected chi connectivity index (χ0v) is 13.4. The van der Waals surface area contributed by atoms with Gasteiger partial charge in [0.1, 0.15) is 5.82 Å². The van der Waals surface area contributed by atoms with Crippen LogP contribution in [0.5, 0.6) is 0 Å². The first-order chi connectivity index (χ1) is 9.49. The Morgan fingerprint density at radius 2 is 1.95 bits per heavy atom. The topological polar surface area (TPSA) is 18.5 Å². The lowest BCUT2D eigenvalue weighted by atomic mass is 10.0. The first kappa shape index (κ1) is 16.9. The van der Waals surface area contributed by atoms with Gasteiger partial charge >= 0.3 is 0 Å². The van der Waals surface area contributed by atoms with E-state index in [-0.39, 0.29) is 11.9 Å². The predicted octanol–water partition coefficient (Wildman–Crippen LogP) is 2.88. The number of benzene rings is 1. The van der Waals surface area contributed by atoms with Crippen LogP contribution in [-0.2, 0) is 0 Å². The van der Waals surface area contributed by atoms with E-state index in [2.05, 4.69) is 43.1 Å². The molecule has 0 aliphatic carbocycles. The van der Waals surface area contributed by atoms with Crippen molar-refractivity contribution in [1.29, 1.82) is 0 Å². The Morgan fingerprint density at radius 3 is 2.50 bits per heavy atom. The van der Waals surface area contributed by atoms with Crippen LogP contribution in [0.25, 0.3) is 0 Å². The van der Waals surface area contributed by atoms with Gasteiger partial charge in [-0.1, -0.05) is 0 Å². The second-order valence-electron chi connectivity index (χ2n) is 5.45. The number of anilines is 1. The van der Waals surface area contributed by atoms with Gasteiger partial charge in [0.15, 0.2) is 0 Å². The van der Waals surface area contributed by atoms with Crippen molar-refractivity contribution in [2.75, 3.05) is 45.7 Å². The van der Waals surface area contributed by atoms with Crippen molar-refractivity contribution < 1.29 is 4.39 Å². The highest BCUT2D eigenvalue weighted by Crippen LogP contribution is 2.27. The quantitative estimate of drug-likeness (QED) is 0.790. The van der Waals surface area contributed by atoms with Crippen molar-refractivity contribution in [2.45, 2.75) is 26.3 Å². The third kappa shape index (κ3) is 4.76. The average Bonchev–Trinajstić information content (AvgIpc) is 2.43. The number of nitrogens with zero attached hydrogens (tertiary/aromatic N) is 2. The summed E-state index contributed by atoms with van der Waals surface area (Å²) in [7, 11) is 6.08. The van der Waals surface area contributed by atoms with Crippen molar-refractivity contribution in [3.8, 4) is 0 Å². The fraction of sp³-hybridized carbons (Fsp3) is 0.625. The summed E-state index contributed by atoms with van der Waals surface area (Å²) in [6, 6.07) is 5.24. The van der Waals surface area contributed by atoms with Gasteiger partial charge in [-0.2, -0.15) is 0 Å². The van der Waals surface area contributed by atoms with Crippen molar-refractivity contribution in [3.05, 3.63) is 29.6 Å². The van der Waals surface area contributed by atoms with E-state index in [0.717, 1.165) is 37.3 Å². The van der Waals surface area contributed by atoms with Gasteiger partial charge in [0, 0.05) is 24.8 Å². The largest absolute Gasteiger partial charge is 0.371 e. The Morgan fingerprint density at radius 1 is 1.25 bits per heavy atom. The van der Waals surface area contributed by atoms with Crippen LogP contribution in [0.15, 0.2) is 18.2 Å². The molecule has 0 saturated carbocycles. The van der Waals surface area contributed by atoms with Crippen LogP contribution in [0, 0.1) is 5.82 Å². The van der Waals surface area contributed by atoms with Crippen LogP contribution < -0.4 is 10.2 Å². The molecule has 1 unspecified atom stereocenters. The Hall–Kier alpha value is -1.13. The van der Waals surface area contributed by atoms with E-state index < -0.39 is 0 Å². The molecule has 0 aromatic heterocycles. The third-order valence-electron chi connectivity index (χ3n) is 3.64. The summed E-state index contributed by atoms with van der Waals surface area (Å²) in [5.41, 5.74) is 2.16. The molecule has 0 saturated heterocycles. The fourth-order valence-corrected chi connectivity index (χ4v) is 2.34. The molecule has 0 aliphatic heterocycles. The summed E-state index contributed by atoms with van der Waals surface area (Å²) >= 11 is 0. The summed E-state index contributed by atoms with van der Waals surface area (Å²) in [5.74, 6) is -0.171. The van der Waals surface area contributed by atoms with Crippen molar-refractivity contribution >= 4 is 5.69 Å². The summed E-state index contributed by atoms with van der Waals surface area (Å²) < 4.78 is 13.5. The molecule has 114 valence electrons. The van der Waals surface area contributed by atoms with E-state index in [0.29, 0.717) is 0 Å². The summed E-state index contributed by atoms with van der Waals surface area (Å²) in [6.07, 6.45) is 1.10. The normalized spacial score (nSPS) is 12.8. The third-order valence-corrected chi connectivity index (χ3v) is 3.64. The molecule has 4 heteroatoms. The van der Waals surface area contributed by atoms with Crippen LogP contribution in [0.3, 0.4) is 0 Å². The second kappa shape index (κ2) is 8.22. The molecule has 1 rings (SSSR count). The molecule has 0 bridgehead atoms. The molecule has 1 aromatic rings. The van der Waals surface area contributed by atoms with Crippen molar-refractivity contribution in [1.82, 2.24) is 10.2 Å². The second-order valence-corrected chi connectivity index (χ2v) is 5.45. The number of hydrogen-bond donors (Lipinski definition) is 1. The first-order valence-corrected chi connectivity index (χ1v) is 7.36. The minimum absolute atomic E-state index is 0.142. The fourth-order valence-electron chi connectivity index (χ4n) is 2.34. The highest BCUT2D eigenvalue weighted by molar-refractivity contribution is 5.55. The molecule has 0 fully saturated rings. The first-order valence-electron chi connectivity index (χ1n) is 7.36. The monoisotopic (exact) mass is 281 g/mol. The van der Waals surface area contributed by atoms with E-state index in [1.165, 1.54) is 0 Å². The van der Waals surface area contributed by atoms with Gasteiger partial charge in [-0.25, -0.2) is 4.39 Å². The van der Waals surface area contributed by atoms with Crippen LogP contribution in [0.2, 0.25) is 0 Å². The van der Waals surface area contributed by atoms with E-state index in [1.54, 1.807) is 12.1 Å². The van der Waals surface area contributed by atoms with Crippen LogP contribution in [0.4, 0.5) is 10.1 Å². The Labute approximate surface area is 122 Å². The lowest BCUT2D eigenvalue weighted by Crippen LogP contribution is -2.29. The summed E-state index contributed by atoms with van der Waals surface area (Å²) in [6.45, 7) is 7.19. The zero-order chi connectivity index (χ0) is 15.1. The van der Waals surface area contributed by atoms with Gasteiger partial charge in [-0.3, -0.25) is 0 Å². The number of rotatable bonds is 8. The SMILES string of the molecule is CCN(CCCN(C)C)c1ccc(F)cc1C(C)NC. The maximum Gasteiger partial charge on any atom is 0.123 e. The van der Waals surface area contributed by atoms with Gasteiger partial charge in [0.2, 0.25) is 0 Å². The Kier molecular flexibility index (Phi) is 6.96. The smallest absolute Gasteiger partial charge is 0.123 e. The molecule has 0 amide bonds. The van der Waals surface area contributed by atoms with E-state index >= 15 is 0 Å². The lowest BCUT2D eigenvalue weighted by molar-refractivity contribution is 0.400. The minimum atomic E-state index is -0.171. The summed E-state index contributed by atoms with van der Waals surface area (Å²) in [4.78, 5) is 4.52. The zero-order valence-electron chi connectivity index (χ0n) is 13.4. The molecule has 0 radical (unpaired) electrons. The van der Waals surface area contributed by atoms with E-state index in [1.807, 2.05) is 13.1 Å². The van der Waals surface area contributed by atoms with Gasteiger partial charge in [-0.15, -0.1) is 0 Å². The van der Waals surface area contributed by atoms with E-state index in [4.69, 9.17) is 0 Å². The molecular weight excluding hydrogens is 253 g/mol. The molecule has 3 nitrogen and oxygen atoms in total. The Bertz CT molecular complexity index is 407. The molecule has 0 heterocycles. The number of hydrogen-bond acceptors (Lipinski definition) is 3. The molecule has 1 N–H and O–H groups in total. The molecular formula is C16H28FN3. The van der Waals surface area contributed by atoms with Gasteiger partial charge in [0.25, 0.3) is 0 Å². The summed E-state index contributed by atoms with van der Waals surface area (Å²) in [5, 5.41) is 3.20. The van der Waals surface area contributed by atoms with Crippen LogP contribution in [0.1, 0.15) is 31.9 Å². The van der Waals surface area contributed by atoms with Crippen molar-refractivity contribution in [2.24, 2.45) is 0 Å². The maximum absolute atomic E-state index is 13.5. The highest BCUT2D eigenvalue weighted by Gasteiger charge is 2.14. The molecule has 1 atom stereocenters. The molecule has 20 heavy (non-hydrogen) atoms. The standard InChI is InChI=1S/C16H28FN3/c1-6-20(11-7-10-19(4)5)16-9-8-14(17)12-15(16)13(2)18-3/h8-9,12-13,18H,6-7,10-11H2,1-5H3. The van der Waals surface area contributed by atoms with Crippen LogP contribution in [-0.4, -0.2) is 45.7 Å². The average molecular weight is 281 g/mol. The Balaban J connectivity index is 2.90. The van der Waals surface area contributed by atoms with Gasteiger partial charge in [-0.05, 0) is 71.7 Å². The molecule has 1 aromatic carbocycles. The van der Waals surface area contributed by atoms with Gasteiger partial charge in [0.05, 0.1) is 0 Å². The van der Waals surface area contributed by atoms with E-state index in [9.17, 15) is 4.39 Å². The predicted molar refractivity (Wildman–Crippen MR) is 84.9 cm³/mol. The molecule has 0 spiro atoms. The van der Waals surface area contributed by atoms with Gasteiger partial charge < -0.3 is 15.1 Å². The number of nitrogens with one attached hydrogen (secondary N) is 1. The highest BCUT2D eigenvalue weighted by atomic mass is 19.1. The van der Waals surface area contributed by atoms with Crippen molar-refractivity contribution in [3.63, 3.8) is 0 Å². The number of halogens is 1. The minimum Gasteiger partial charge on any atom is -0.371 e. The van der Waals surface area contributed by atoms with Crippen LogP contribution >= 0.6 is 0 Å². The lowest BCUT2D eigenvalue weighted by Gasteiger charge is -2.28.